The maximum absolute atomic E-state index is 13.3. The fourth-order valence-corrected chi connectivity index (χ4v) is 4.58. The number of carbonyl (C=O) groups is 3. The number of carbonyl (C=O) groups excluding carboxylic acids is 3. The molecule has 4 rings (SSSR count). The molecule has 2 fully saturated rings. The van der Waals surface area contributed by atoms with E-state index in [1.807, 2.05) is 48.5 Å². The smallest absolute Gasteiger partial charge is 0.235 e. The van der Waals surface area contributed by atoms with Crippen molar-refractivity contribution >= 4 is 39.3 Å². The largest absolute Gasteiger partial charge is 0.325 e. The lowest BCUT2D eigenvalue weighted by Gasteiger charge is -2.28. The number of amides is 3. The topological polar surface area (TPSA) is 66.5 Å². The summed E-state index contributed by atoms with van der Waals surface area (Å²) < 4.78 is 1.00. The Morgan fingerprint density at radius 3 is 2.10 bits per heavy atom. The maximum Gasteiger partial charge on any atom is 0.235 e. The van der Waals surface area contributed by atoms with E-state index in [1.165, 1.54) is 4.90 Å². The van der Waals surface area contributed by atoms with Crippen LogP contribution in [0.2, 0.25) is 0 Å². The van der Waals surface area contributed by atoms with Crippen molar-refractivity contribution in [3.8, 4) is 0 Å². The highest BCUT2D eigenvalue weighted by molar-refractivity contribution is 9.10. The second-order valence-electron chi connectivity index (χ2n) is 7.82. The van der Waals surface area contributed by atoms with Crippen molar-refractivity contribution in [3.63, 3.8) is 0 Å². The van der Waals surface area contributed by atoms with Crippen LogP contribution < -0.4 is 5.32 Å². The zero-order valence-corrected chi connectivity index (χ0v) is 17.7. The van der Waals surface area contributed by atoms with Crippen molar-refractivity contribution < 1.29 is 14.4 Å². The van der Waals surface area contributed by atoms with Crippen molar-refractivity contribution in [1.29, 1.82) is 0 Å². The van der Waals surface area contributed by atoms with Crippen molar-refractivity contribution in [2.75, 3.05) is 5.32 Å². The Bertz CT molecular complexity index is 916. The number of anilines is 1. The number of imide groups is 1. The fraction of sp³-hybridized carbons (Fsp3) is 0.348. The number of benzene rings is 2. The molecule has 1 heterocycles. The minimum atomic E-state index is -0.492. The van der Waals surface area contributed by atoms with E-state index in [-0.39, 0.29) is 24.3 Å². The first kappa shape index (κ1) is 19.8. The van der Waals surface area contributed by atoms with E-state index in [2.05, 4.69) is 21.2 Å². The predicted molar refractivity (Wildman–Crippen MR) is 114 cm³/mol. The van der Waals surface area contributed by atoms with Gasteiger partial charge in [-0.15, -0.1) is 0 Å². The highest BCUT2D eigenvalue weighted by Crippen LogP contribution is 2.42. The molecule has 0 radical (unpaired) electrons. The molecule has 1 saturated heterocycles. The number of hydrogen-bond acceptors (Lipinski definition) is 3. The fourth-order valence-electron chi connectivity index (χ4n) is 4.32. The summed E-state index contributed by atoms with van der Waals surface area (Å²) >= 11 is 3.46. The average Bonchev–Trinajstić information content (AvgIpc) is 3.33. The standard InChI is InChI=1S/C23H23BrN2O3/c24-18-7-5-17(6-8-18)23(13-1-2-14-23)22(29)25-19-9-3-16(4-10-19)15-26-20(27)11-12-21(26)28/h3-10H,1-2,11-15H2,(H,25,29). The summed E-state index contributed by atoms with van der Waals surface area (Å²) in [5.41, 5.74) is 2.16. The summed E-state index contributed by atoms with van der Waals surface area (Å²) in [5, 5.41) is 3.08. The Balaban J connectivity index is 1.48. The second kappa shape index (κ2) is 8.11. The molecule has 2 aromatic rings. The molecular weight excluding hydrogens is 432 g/mol. The van der Waals surface area contributed by atoms with Gasteiger partial charge >= 0.3 is 0 Å². The zero-order chi connectivity index (χ0) is 20.4. The van der Waals surface area contributed by atoms with Gasteiger partial charge in [0.15, 0.2) is 0 Å². The van der Waals surface area contributed by atoms with Gasteiger partial charge in [0.2, 0.25) is 17.7 Å². The summed E-state index contributed by atoms with van der Waals surface area (Å²) in [5.74, 6) is -0.218. The van der Waals surface area contributed by atoms with Crippen LogP contribution >= 0.6 is 15.9 Å². The summed E-state index contributed by atoms with van der Waals surface area (Å²) in [4.78, 5) is 38.1. The lowest BCUT2D eigenvalue weighted by atomic mass is 9.78. The molecule has 2 aromatic carbocycles. The van der Waals surface area contributed by atoms with Crippen molar-refractivity contribution in [3.05, 3.63) is 64.1 Å². The van der Waals surface area contributed by atoms with Gasteiger partial charge in [-0.2, -0.15) is 0 Å². The molecule has 1 saturated carbocycles. The molecule has 0 unspecified atom stereocenters. The zero-order valence-electron chi connectivity index (χ0n) is 16.1. The van der Waals surface area contributed by atoms with E-state index in [0.717, 1.165) is 47.0 Å². The number of nitrogens with one attached hydrogen (secondary N) is 1. The lowest BCUT2D eigenvalue weighted by molar-refractivity contribution is -0.139. The number of likely N-dealkylation sites (tertiary alicyclic amines) is 1. The molecule has 150 valence electrons. The van der Waals surface area contributed by atoms with Crippen LogP contribution in [-0.2, 0) is 26.3 Å². The molecule has 3 amide bonds. The number of halogens is 1. The van der Waals surface area contributed by atoms with Gasteiger partial charge in [-0.1, -0.05) is 53.0 Å². The van der Waals surface area contributed by atoms with Gasteiger partial charge in [0.05, 0.1) is 12.0 Å². The Morgan fingerprint density at radius 1 is 0.931 bits per heavy atom. The van der Waals surface area contributed by atoms with Gasteiger partial charge in [0.25, 0.3) is 0 Å². The molecule has 1 N–H and O–H groups in total. The molecule has 0 atom stereocenters. The second-order valence-corrected chi connectivity index (χ2v) is 8.74. The Labute approximate surface area is 178 Å². The Morgan fingerprint density at radius 2 is 1.52 bits per heavy atom. The Hall–Kier alpha value is -2.47. The molecule has 29 heavy (non-hydrogen) atoms. The molecule has 0 bridgehead atoms. The quantitative estimate of drug-likeness (QED) is 0.673. The van der Waals surface area contributed by atoms with Crippen LogP contribution in [0.25, 0.3) is 0 Å². The van der Waals surface area contributed by atoms with Crippen molar-refractivity contribution in [2.24, 2.45) is 0 Å². The first-order chi connectivity index (χ1) is 14.0. The highest BCUT2D eigenvalue weighted by Gasteiger charge is 2.42. The van der Waals surface area contributed by atoms with Crippen molar-refractivity contribution in [1.82, 2.24) is 4.90 Å². The van der Waals surface area contributed by atoms with E-state index in [0.29, 0.717) is 12.8 Å². The summed E-state index contributed by atoms with van der Waals surface area (Å²) in [7, 11) is 0. The van der Waals surface area contributed by atoms with E-state index >= 15 is 0 Å². The highest BCUT2D eigenvalue weighted by atomic mass is 79.9. The van der Waals surface area contributed by atoms with Crippen LogP contribution in [0.15, 0.2) is 53.0 Å². The van der Waals surface area contributed by atoms with Crippen LogP contribution in [0.4, 0.5) is 5.69 Å². The van der Waals surface area contributed by atoms with Crippen LogP contribution in [-0.4, -0.2) is 22.6 Å². The maximum atomic E-state index is 13.3. The monoisotopic (exact) mass is 454 g/mol. The predicted octanol–water partition coefficient (Wildman–Crippen LogP) is 4.55. The van der Waals surface area contributed by atoms with Crippen LogP contribution in [0.3, 0.4) is 0 Å². The third-order valence-corrected chi connectivity index (χ3v) is 6.52. The van der Waals surface area contributed by atoms with Gasteiger partial charge in [-0.3, -0.25) is 19.3 Å². The lowest BCUT2D eigenvalue weighted by Crippen LogP contribution is -2.38. The van der Waals surface area contributed by atoms with Gasteiger partial charge in [0.1, 0.15) is 0 Å². The molecule has 0 aromatic heterocycles. The number of hydrogen-bond donors (Lipinski definition) is 1. The first-order valence-corrected chi connectivity index (χ1v) is 10.8. The molecular formula is C23H23BrN2O3. The van der Waals surface area contributed by atoms with E-state index < -0.39 is 5.41 Å². The normalized spacial score (nSPS) is 18.3. The summed E-state index contributed by atoms with van der Waals surface area (Å²) in [6.45, 7) is 0.286. The number of rotatable bonds is 5. The number of nitrogens with zero attached hydrogens (tertiary/aromatic N) is 1. The minimum absolute atomic E-state index is 0.0231. The van der Waals surface area contributed by atoms with Gasteiger partial charge in [-0.05, 0) is 48.2 Å². The third kappa shape index (κ3) is 3.99. The molecule has 5 nitrogen and oxygen atoms in total. The van der Waals surface area contributed by atoms with Crippen LogP contribution in [0.5, 0.6) is 0 Å². The molecule has 0 spiro atoms. The first-order valence-electron chi connectivity index (χ1n) is 9.98. The van der Waals surface area contributed by atoms with Crippen LogP contribution in [0.1, 0.15) is 49.7 Å². The van der Waals surface area contributed by atoms with Gasteiger partial charge in [-0.25, -0.2) is 0 Å². The minimum Gasteiger partial charge on any atom is -0.325 e. The summed E-state index contributed by atoms with van der Waals surface area (Å²) in [6.07, 6.45) is 4.37. The SMILES string of the molecule is O=C1CCC(=O)N1Cc1ccc(NC(=O)C2(c3ccc(Br)cc3)CCCC2)cc1. The molecule has 1 aliphatic carbocycles. The van der Waals surface area contributed by atoms with E-state index in [9.17, 15) is 14.4 Å². The molecule has 6 heteroatoms. The van der Waals surface area contributed by atoms with Gasteiger partial charge in [0, 0.05) is 23.0 Å². The summed E-state index contributed by atoms with van der Waals surface area (Å²) in [6, 6.07) is 15.4. The Kier molecular flexibility index (Phi) is 5.54. The van der Waals surface area contributed by atoms with E-state index in [4.69, 9.17) is 0 Å². The molecule has 2 aliphatic rings. The molecule has 1 aliphatic heterocycles. The average molecular weight is 455 g/mol. The van der Waals surface area contributed by atoms with Crippen LogP contribution in [0, 0.1) is 0 Å². The van der Waals surface area contributed by atoms with E-state index in [1.54, 1.807) is 0 Å². The van der Waals surface area contributed by atoms with Crippen molar-refractivity contribution in [2.45, 2.75) is 50.5 Å². The van der Waals surface area contributed by atoms with Gasteiger partial charge < -0.3 is 5.32 Å². The third-order valence-electron chi connectivity index (χ3n) is 6.00.